The van der Waals surface area contributed by atoms with E-state index in [1.165, 1.54) is 0 Å². The number of nitrogens with one attached hydrogen (secondary N) is 1. The predicted molar refractivity (Wildman–Crippen MR) is 89.8 cm³/mol. The zero-order chi connectivity index (χ0) is 15.2. The summed E-state index contributed by atoms with van der Waals surface area (Å²) in [5.74, 6) is -0.304. The molecule has 1 amide bonds. The van der Waals surface area contributed by atoms with Crippen LogP contribution >= 0.6 is 12.4 Å². The average Bonchev–Trinajstić information content (AvgIpc) is 2.92. The first-order valence-corrected chi connectivity index (χ1v) is 7.15. The second-order valence-electron chi connectivity index (χ2n) is 5.30. The minimum absolute atomic E-state index is 0. The fourth-order valence-electron chi connectivity index (χ4n) is 2.17. The number of amides is 1. The lowest BCUT2D eigenvalue weighted by molar-refractivity contribution is -0.125. The number of nitrogens with two attached hydrogens (primary N) is 1. The Labute approximate surface area is 137 Å². The maximum atomic E-state index is 12.1. The summed E-state index contributed by atoms with van der Waals surface area (Å²) in [7, 11) is 0. The Kier molecular flexibility index (Phi) is 7.08. The number of hydrogen-bond donors (Lipinski definition) is 2. The van der Waals surface area contributed by atoms with Crippen molar-refractivity contribution in [2.45, 2.75) is 26.4 Å². The van der Waals surface area contributed by atoms with Crippen molar-refractivity contribution < 1.29 is 4.79 Å². The zero-order valence-corrected chi connectivity index (χ0v) is 13.7. The van der Waals surface area contributed by atoms with Crippen molar-refractivity contribution in [3.8, 4) is 0 Å². The highest BCUT2D eigenvalue weighted by molar-refractivity contribution is 5.85. The van der Waals surface area contributed by atoms with Gasteiger partial charge in [0.15, 0.2) is 0 Å². The molecule has 1 aromatic heterocycles. The van der Waals surface area contributed by atoms with Gasteiger partial charge in [0.05, 0.1) is 18.7 Å². The van der Waals surface area contributed by atoms with E-state index in [1.807, 2.05) is 55.1 Å². The largest absolute Gasteiger partial charge is 0.354 e. The Morgan fingerprint density at radius 1 is 1.36 bits per heavy atom. The minimum Gasteiger partial charge on any atom is -0.354 e. The van der Waals surface area contributed by atoms with Gasteiger partial charge < -0.3 is 11.1 Å². The van der Waals surface area contributed by atoms with Crippen LogP contribution in [0.4, 0.5) is 0 Å². The third-order valence-corrected chi connectivity index (χ3v) is 3.54. The average molecular weight is 323 g/mol. The summed E-state index contributed by atoms with van der Waals surface area (Å²) in [6.07, 6.45) is 3.75. The first-order chi connectivity index (χ1) is 10.1. The number of hydrogen-bond acceptors (Lipinski definition) is 3. The van der Waals surface area contributed by atoms with Gasteiger partial charge in [-0.2, -0.15) is 5.10 Å². The van der Waals surface area contributed by atoms with Gasteiger partial charge in [0.2, 0.25) is 5.91 Å². The number of aryl methyl sites for hydroxylation is 1. The molecular formula is C16H23ClN4O. The molecular weight excluding hydrogens is 300 g/mol. The molecule has 0 saturated carbocycles. The molecule has 0 fully saturated rings. The Hall–Kier alpha value is -1.85. The predicted octanol–water partition coefficient (Wildman–Crippen LogP) is 2.07. The number of halogens is 1. The van der Waals surface area contributed by atoms with Gasteiger partial charge in [-0.15, -0.1) is 12.4 Å². The molecule has 3 N–H and O–H groups in total. The maximum absolute atomic E-state index is 12.1. The third-order valence-electron chi connectivity index (χ3n) is 3.54. The molecule has 1 heterocycles. The molecule has 0 saturated heterocycles. The number of carbonyl (C=O) groups excluding carboxylic acids is 1. The number of carbonyl (C=O) groups is 1. The van der Waals surface area contributed by atoms with E-state index in [4.69, 9.17) is 5.73 Å². The van der Waals surface area contributed by atoms with Crippen LogP contribution in [0.5, 0.6) is 0 Å². The van der Waals surface area contributed by atoms with Crippen LogP contribution in [0.2, 0.25) is 0 Å². The lowest BCUT2D eigenvalue weighted by atomic mass is 9.95. The van der Waals surface area contributed by atoms with Crippen LogP contribution in [-0.4, -0.2) is 22.2 Å². The zero-order valence-electron chi connectivity index (χ0n) is 12.9. The van der Waals surface area contributed by atoms with E-state index in [1.54, 1.807) is 6.20 Å². The molecule has 22 heavy (non-hydrogen) atoms. The second-order valence-corrected chi connectivity index (χ2v) is 5.30. The van der Waals surface area contributed by atoms with E-state index in [0.717, 1.165) is 11.1 Å². The lowest BCUT2D eigenvalue weighted by Crippen LogP contribution is -2.37. The van der Waals surface area contributed by atoms with Crippen molar-refractivity contribution in [2.75, 3.05) is 6.54 Å². The van der Waals surface area contributed by atoms with E-state index in [9.17, 15) is 4.79 Å². The summed E-state index contributed by atoms with van der Waals surface area (Å²) in [5.41, 5.74) is 8.23. The van der Waals surface area contributed by atoms with E-state index in [0.29, 0.717) is 13.1 Å². The summed E-state index contributed by atoms with van der Waals surface area (Å²) >= 11 is 0. The van der Waals surface area contributed by atoms with Crippen molar-refractivity contribution in [1.82, 2.24) is 15.1 Å². The molecule has 2 rings (SSSR count). The molecule has 2 atom stereocenters. The quantitative estimate of drug-likeness (QED) is 0.855. The normalized spacial score (nSPS) is 13.0. The van der Waals surface area contributed by atoms with Crippen LogP contribution in [0, 0.1) is 12.8 Å². The Bertz CT molecular complexity index is 585. The summed E-state index contributed by atoms with van der Waals surface area (Å²) in [5, 5.41) is 7.09. The first-order valence-electron chi connectivity index (χ1n) is 7.15. The Morgan fingerprint density at radius 3 is 2.64 bits per heavy atom. The molecule has 0 aliphatic rings. The van der Waals surface area contributed by atoms with Crippen molar-refractivity contribution >= 4 is 18.3 Å². The highest BCUT2D eigenvalue weighted by Gasteiger charge is 2.21. The van der Waals surface area contributed by atoms with Crippen LogP contribution in [-0.2, 0) is 11.3 Å². The van der Waals surface area contributed by atoms with E-state index in [2.05, 4.69) is 10.4 Å². The van der Waals surface area contributed by atoms with Crippen LogP contribution in [0.1, 0.15) is 24.1 Å². The van der Waals surface area contributed by atoms with Gasteiger partial charge in [-0.05, 0) is 18.1 Å². The molecule has 6 heteroatoms. The lowest BCUT2D eigenvalue weighted by Gasteiger charge is -2.19. The van der Waals surface area contributed by atoms with Crippen LogP contribution < -0.4 is 11.1 Å². The molecule has 120 valence electrons. The first kappa shape index (κ1) is 18.2. The van der Waals surface area contributed by atoms with Crippen LogP contribution in [0.15, 0.2) is 42.7 Å². The van der Waals surface area contributed by atoms with Gasteiger partial charge >= 0.3 is 0 Å². The van der Waals surface area contributed by atoms with Crippen molar-refractivity contribution in [3.05, 3.63) is 53.9 Å². The van der Waals surface area contributed by atoms with Crippen molar-refractivity contribution in [2.24, 2.45) is 11.7 Å². The van der Waals surface area contributed by atoms with E-state index < -0.39 is 0 Å². The molecule has 5 nitrogen and oxygen atoms in total. The number of nitrogens with zero attached hydrogens (tertiary/aromatic N) is 2. The minimum atomic E-state index is -0.293. The smallest absolute Gasteiger partial charge is 0.224 e. The van der Waals surface area contributed by atoms with Gasteiger partial charge in [-0.3, -0.25) is 9.48 Å². The van der Waals surface area contributed by atoms with E-state index in [-0.39, 0.29) is 30.3 Å². The summed E-state index contributed by atoms with van der Waals surface area (Å²) in [6, 6.07) is 9.40. The second kappa shape index (κ2) is 8.56. The fourth-order valence-corrected chi connectivity index (χ4v) is 2.17. The van der Waals surface area contributed by atoms with E-state index >= 15 is 0 Å². The van der Waals surface area contributed by atoms with Crippen molar-refractivity contribution in [1.29, 1.82) is 0 Å². The SMILES string of the molecule is Cc1cnn(CCNC(=O)C(C)C(N)c2ccccc2)c1.Cl. The number of benzene rings is 1. The molecule has 1 aromatic carbocycles. The van der Waals surface area contributed by atoms with Gasteiger partial charge in [-0.1, -0.05) is 37.3 Å². The molecule has 0 bridgehead atoms. The molecule has 0 radical (unpaired) electrons. The third kappa shape index (κ3) is 4.86. The van der Waals surface area contributed by atoms with Crippen molar-refractivity contribution in [3.63, 3.8) is 0 Å². The summed E-state index contributed by atoms with van der Waals surface area (Å²) in [6.45, 7) is 5.05. The number of rotatable bonds is 6. The molecule has 0 aliphatic carbocycles. The Morgan fingerprint density at radius 2 is 2.05 bits per heavy atom. The topological polar surface area (TPSA) is 72.9 Å². The van der Waals surface area contributed by atoms with Gasteiger partial charge in [0, 0.05) is 18.8 Å². The van der Waals surface area contributed by atoms with Gasteiger partial charge in [-0.25, -0.2) is 0 Å². The molecule has 2 unspecified atom stereocenters. The summed E-state index contributed by atoms with van der Waals surface area (Å²) < 4.78 is 1.82. The maximum Gasteiger partial charge on any atom is 0.224 e. The van der Waals surface area contributed by atoms with Gasteiger partial charge in [0.25, 0.3) is 0 Å². The summed E-state index contributed by atoms with van der Waals surface area (Å²) in [4.78, 5) is 12.1. The van der Waals surface area contributed by atoms with Crippen LogP contribution in [0.25, 0.3) is 0 Å². The number of aromatic nitrogens is 2. The highest BCUT2D eigenvalue weighted by Crippen LogP contribution is 2.18. The molecule has 2 aromatic rings. The monoisotopic (exact) mass is 322 g/mol. The highest BCUT2D eigenvalue weighted by atomic mass is 35.5. The van der Waals surface area contributed by atoms with Gasteiger partial charge in [0.1, 0.15) is 0 Å². The Balaban J connectivity index is 0.00000242. The fraction of sp³-hybridized carbons (Fsp3) is 0.375. The molecule has 0 aliphatic heterocycles. The molecule has 0 spiro atoms. The van der Waals surface area contributed by atoms with Crippen LogP contribution in [0.3, 0.4) is 0 Å². The standard InChI is InChI=1S/C16H22N4O.ClH/c1-12-10-19-20(11-12)9-8-18-16(21)13(2)15(17)14-6-4-3-5-7-14;/h3-7,10-11,13,15H,8-9,17H2,1-2H3,(H,18,21);1H.